The van der Waals surface area contributed by atoms with Crippen LogP contribution in [0.2, 0.25) is 0 Å². The summed E-state index contributed by atoms with van der Waals surface area (Å²) in [6.45, 7) is 5.16. The molecule has 1 fully saturated rings. The maximum atomic E-state index is 13.0. The van der Waals surface area contributed by atoms with Gasteiger partial charge in [-0.25, -0.2) is 9.59 Å². The second-order valence-corrected chi connectivity index (χ2v) is 10.2. The number of aromatic carboxylic acids is 1. The lowest BCUT2D eigenvalue weighted by molar-refractivity contribution is -0.152. The number of benzene rings is 2. The third kappa shape index (κ3) is 9.59. The van der Waals surface area contributed by atoms with Crippen molar-refractivity contribution in [1.82, 2.24) is 0 Å². The zero-order valence-corrected chi connectivity index (χ0v) is 24.8. The molecule has 12 heteroatoms. The van der Waals surface area contributed by atoms with Gasteiger partial charge in [0.25, 0.3) is 0 Å². The first kappa shape index (κ1) is 33.2. The van der Waals surface area contributed by atoms with Gasteiger partial charge in [0.1, 0.15) is 29.3 Å². The molecule has 2 unspecified atom stereocenters. The molecule has 230 valence electrons. The van der Waals surface area contributed by atoms with E-state index in [1.165, 1.54) is 20.3 Å². The topological polar surface area (TPSA) is 159 Å². The molecule has 0 spiro atoms. The standard InChI is InChI=1S/C31H37N3O9/c1-20(33-34-32)11-9-15-24(41-30(37)21-12-7-6-8-13-21)28-25(42-31(2,3)43-28)16-10-14-22-17-23(39-5)18-26(40-19-38-4)27(22)29(35)36/h6-10,12-15,17-18,20,24-25,28H,11,16,19H2,1-5H3,(H,35,36)/b14-10+,15-9-/t20-,24?,25-,28?/m0/s1. The second kappa shape index (κ2) is 15.8. The van der Waals surface area contributed by atoms with E-state index < -0.39 is 36.0 Å². The second-order valence-electron chi connectivity index (χ2n) is 10.2. The van der Waals surface area contributed by atoms with Crippen LogP contribution < -0.4 is 9.47 Å². The summed E-state index contributed by atoms with van der Waals surface area (Å²) in [6, 6.07) is 11.4. The fourth-order valence-electron chi connectivity index (χ4n) is 4.50. The van der Waals surface area contributed by atoms with E-state index >= 15 is 0 Å². The van der Waals surface area contributed by atoms with Gasteiger partial charge in [-0.3, -0.25) is 0 Å². The van der Waals surface area contributed by atoms with Gasteiger partial charge in [0.05, 0.1) is 18.8 Å². The van der Waals surface area contributed by atoms with Gasteiger partial charge >= 0.3 is 11.9 Å². The summed E-state index contributed by atoms with van der Waals surface area (Å²) in [4.78, 5) is 28.0. The van der Waals surface area contributed by atoms with Gasteiger partial charge in [0.2, 0.25) is 0 Å². The van der Waals surface area contributed by atoms with Gasteiger partial charge < -0.3 is 33.5 Å². The molecule has 1 aliphatic heterocycles. The average molecular weight is 596 g/mol. The molecule has 1 heterocycles. The Morgan fingerprint density at radius 3 is 2.56 bits per heavy atom. The Morgan fingerprint density at radius 2 is 1.91 bits per heavy atom. The number of hydrogen-bond acceptors (Lipinski definition) is 9. The van der Waals surface area contributed by atoms with E-state index in [4.69, 9.17) is 34.0 Å². The summed E-state index contributed by atoms with van der Waals surface area (Å²) in [6.07, 6.45) is 5.48. The molecule has 3 rings (SSSR count). The van der Waals surface area contributed by atoms with E-state index in [0.717, 1.165) is 0 Å². The first-order valence-corrected chi connectivity index (χ1v) is 13.6. The molecule has 0 radical (unpaired) electrons. The molecule has 12 nitrogen and oxygen atoms in total. The quantitative estimate of drug-likeness (QED) is 0.0634. The van der Waals surface area contributed by atoms with Crippen LogP contribution >= 0.6 is 0 Å². The highest BCUT2D eigenvalue weighted by molar-refractivity contribution is 5.95. The lowest BCUT2D eigenvalue weighted by atomic mass is 10.0. The summed E-state index contributed by atoms with van der Waals surface area (Å²) in [5.41, 5.74) is 9.40. The Hall–Kier alpha value is -4.35. The van der Waals surface area contributed by atoms with Crippen LogP contribution in [0.1, 0.15) is 59.9 Å². The van der Waals surface area contributed by atoms with Gasteiger partial charge in [0.15, 0.2) is 12.6 Å². The molecule has 1 N–H and O–H groups in total. The zero-order chi connectivity index (χ0) is 31.4. The molecular weight excluding hydrogens is 558 g/mol. The summed E-state index contributed by atoms with van der Waals surface area (Å²) in [5.74, 6) is -2.20. The molecular formula is C31H37N3O9. The average Bonchev–Trinajstić information content (AvgIpc) is 3.29. The minimum absolute atomic E-state index is 0.0543. The predicted molar refractivity (Wildman–Crippen MR) is 158 cm³/mol. The van der Waals surface area contributed by atoms with Gasteiger partial charge in [-0.05, 0) is 62.1 Å². The first-order valence-electron chi connectivity index (χ1n) is 13.6. The normalized spacial score (nSPS) is 19.1. The van der Waals surface area contributed by atoms with Crippen molar-refractivity contribution < 1.29 is 43.1 Å². The largest absolute Gasteiger partial charge is 0.497 e. The summed E-state index contributed by atoms with van der Waals surface area (Å²) < 4.78 is 34.1. The lowest BCUT2D eigenvalue weighted by Gasteiger charge is -2.24. The number of carbonyl (C=O) groups excluding carboxylic acids is 1. The zero-order valence-electron chi connectivity index (χ0n) is 24.8. The number of esters is 1. The Morgan fingerprint density at radius 1 is 1.16 bits per heavy atom. The third-order valence-corrected chi connectivity index (χ3v) is 6.40. The monoisotopic (exact) mass is 595 g/mol. The van der Waals surface area contributed by atoms with Crippen LogP contribution in [0.15, 0.2) is 65.8 Å². The predicted octanol–water partition coefficient (Wildman–Crippen LogP) is 6.17. The molecule has 0 bridgehead atoms. The van der Waals surface area contributed by atoms with E-state index in [0.29, 0.717) is 29.7 Å². The molecule has 0 saturated carbocycles. The summed E-state index contributed by atoms with van der Waals surface area (Å²) in [5, 5.41) is 13.6. The Labute approximate surface area is 250 Å². The summed E-state index contributed by atoms with van der Waals surface area (Å²) >= 11 is 0. The van der Waals surface area contributed by atoms with Crippen molar-refractivity contribution in [2.75, 3.05) is 21.0 Å². The Kier molecular flexibility index (Phi) is 12.2. The number of carboxylic acid groups (broad SMARTS) is 1. The minimum atomic E-state index is -1.18. The number of methoxy groups -OCH3 is 2. The lowest BCUT2D eigenvalue weighted by Crippen LogP contribution is -2.37. The van der Waals surface area contributed by atoms with Crippen molar-refractivity contribution >= 4 is 18.0 Å². The Bertz CT molecular complexity index is 1350. The van der Waals surface area contributed by atoms with E-state index in [9.17, 15) is 14.7 Å². The fourth-order valence-corrected chi connectivity index (χ4v) is 4.50. The highest BCUT2D eigenvalue weighted by Crippen LogP contribution is 2.35. The number of azide groups is 1. The molecule has 0 aliphatic carbocycles. The molecule has 1 aliphatic rings. The highest BCUT2D eigenvalue weighted by atomic mass is 16.8. The van der Waals surface area contributed by atoms with Crippen molar-refractivity contribution in [2.45, 2.75) is 63.8 Å². The fraction of sp³-hybridized carbons (Fsp3) is 0.419. The molecule has 0 aromatic heterocycles. The van der Waals surface area contributed by atoms with Crippen LogP contribution in [-0.2, 0) is 18.9 Å². The maximum absolute atomic E-state index is 13.0. The molecule has 0 amide bonds. The Balaban J connectivity index is 1.90. The molecule has 43 heavy (non-hydrogen) atoms. The van der Waals surface area contributed by atoms with Crippen LogP contribution in [0.4, 0.5) is 0 Å². The van der Waals surface area contributed by atoms with Crippen LogP contribution in [0.25, 0.3) is 16.5 Å². The smallest absolute Gasteiger partial charge is 0.340 e. The van der Waals surface area contributed by atoms with Gasteiger partial charge in [-0.2, -0.15) is 0 Å². The van der Waals surface area contributed by atoms with E-state index in [-0.39, 0.29) is 24.1 Å². The van der Waals surface area contributed by atoms with Crippen molar-refractivity contribution in [3.63, 3.8) is 0 Å². The SMILES string of the molecule is COCOc1cc(OC)cc(/C=C/C[C@@H]2OC(C)(C)OC2C(/C=C\C[C@H](C)N=[N+]=[N-])OC(=O)c2ccccc2)c1C(=O)O. The van der Waals surface area contributed by atoms with Gasteiger partial charge in [-0.1, -0.05) is 48.5 Å². The van der Waals surface area contributed by atoms with Crippen LogP contribution in [0.5, 0.6) is 11.5 Å². The van der Waals surface area contributed by atoms with Gasteiger partial charge in [0, 0.05) is 24.1 Å². The molecule has 2 aromatic carbocycles. The molecule has 2 aromatic rings. The van der Waals surface area contributed by atoms with Crippen molar-refractivity contribution in [3.8, 4) is 11.5 Å². The van der Waals surface area contributed by atoms with Crippen molar-refractivity contribution in [3.05, 3.63) is 87.8 Å². The van der Waals surface area contributed by atoms with E-state index in [1.807, 2.05) is 0 Å². The van der Waals surface area contributed by atoms with Gasteiger partial charge in [-0.15, -0.1) is 0 Å². The third-order valence-electron chi connectivity index (χ3n) is 6.40. The number of carbonyl (C=O) groups is 2. The van der Waals surface area contributed by atoms with E-state index in [2.05, 4.69) is 10.0 Å². The van der Waals surface area contributed by atoms with Crippen molar-refractivity contribution in [1.29, 1.82) is 0 Å². The summed E-state index contributed by atoms with van der Waals surface area (Å²) in [7, 11) is 2.90. The number of hydrogen-bond donors (Lipinski definition) is 1. The maximum Gasteiger partial charge on any atom is 0.340 e. The van der Waals surface area contributed by atoms with Crippen molar-refractivity contribution in [2.24, 2.45) is 5.11 Å². The van der Waals surface area contributed by atoms with Crippen LogP contribution in [0, 0.1) is 0 Å². The molecule has 1 saturated heterocycles. The van der Waals surface area contributed by atoms with Crippen LogP contribution in [0.3, 0.4) is 0 Å². The first-order chi connectivity index (χ1) is 20.6. The number of carboxylic acids is 1. The highest BCUT2D eigenvalue weighted by Gasteiger charge is 2.45. The number of ether oxygens (including phenoxy) is 6. The van der Waals surface area contributed by atoms with Crippen LogP contribution in [-0.4, -0.2) is 68.2 Å². The minimum Gasteiger partial charge on any atom is -0.497 e. The van der Waals surface area contributed by atoms with E-state index in [1.54, 1.807) is 81.5 Å². The number of nitrogens with zero attached hydrogens (tertiary/aromatic N) is 3. The number of rotatable bonds is 15. The molecule has 4 atom stereocenters.